The van der Waals surface area contributed by atoms with Crippen LogP contribution >= 0.6 is 24.0 Å². The zero-order valence-electron chi connectivity index (χ0n) is 15.0. The second kappa shape index (κ2) is 12.5. The third-order valence-electron chi connectivity index (χ3n) is 3.48. The molecule has 8 heteroatoms. The number of furan rings is 1. The van der Waals surface area contributed by atoms with Crippen molar-refractivity contribution in [3.63, 3.8) is 0 Å². The van der Waals surface area contributed by atoms with Crippen LogP contribution in [-0.2, 0) is 17.9 Å². The molecule has 1 heterocycles. The van der Waals surface area contributed by atoms with Crippen LogP contribution in [0.25, 0.3) is 0 Å². The van der Waals surface area contributed by atoms with Gasteiger partial charge in [-0.25, -0.2) is 4.39 Å². The summed E-state index contributed by atoms with van der Waals surface area (Å²) in [7, 11) is 3.14. The summed E-state index contributed by atoms with van der Waals surface area (Å²) in [6, 6.07) is 8.59. The van der Waals surface area contributed by atoms with Crippen molar-refractivity contribution < 1.29 is 18.3 Å². The second-order valence-corrected chi connectivity index (χ2v) is 5.31. The molecule has 6 nitrogen and oxygen atoms in total. The molecule has 0 radical (unpaired) electrons. The quantitative estimate of drug-likeness (QED) is 0.251. The van der Waals surface area contributed by atoms with Gasteiger partial charge in [0.15, 0.2) is 17.5 Å². The van der Waals surface area contributed by atoms with E-state index >= 15 is 0 Å². The number of methoxy groups -OCH3 is 1. The molecule has 0 fully saturated rings. The zero-order valence-corrected chi connectivity index (χ0v) is 17.3. The summed E-state index contributed by atoms with van der Waals surface area (Å²) < 4.78 is 29.3. The Kier molecular flexibility index (Phi) is 10.7. The minimum absolute atomic E-state index is 0. The maximum Gasteiger partial charge on any atom is 0.191 e. The van der Waals surface area contributed by atoms with Crippen molar-refractivity contribution in [3.8, 4) is 5.75 Å². The van der Waals surface area contributed by atoms with Crippen LogP contribution in [0.5, 0.6) is 5.75 Å². The maximum absolute atomic E-state index is 13.7. The van der Waals surface area contributed by atoms with Gasteiger partial charge >= 0.3 is 0 Å². The Bertz CT molecular complexity index is 666. The number of halogens is 2. The molecule has 144 valence electrons. The van der Waals surface area contributed by atoms with Crippen molar-refractivity contribution in [3.05, 3.63) is 53.7 Å². The first kappa shape index (κ1) is 22.2. The number of nitrogens with zero attached hydrogens (tertiary/aromatic N) is 1. The summed E-state index contributed by atoms with van der Waals surface area (Å²) in [5.74, 6) is 1.33. The largest absolute Gasteiger partial charge is 0.494 e. The summed E-state index contributed by atoms with van der Waals surface area (Å²) >= 11 is 0. The monoisotopic (exact) mass is 477 g/mol. The van der Waals surface area contributed by atoms with Gasteiger partial charge in [0.05, 0.1) is 13.4 Å². The Balaban J connectivity index is 0.00000338. The fourth-order valence-corrected chi connectivity index (χ4v) is 2.17. The molecule has 26 heavy (non-hydrogen) atoms. The van der Waals surface area contributed by atoms with Gasteiger partial charge in [-0.3, -0.25) is 4.99 Å². The number of guanidine groups is 1. The first-order chi connectivity index (χ1) is 12.2. The van der Waals surface area contributed by atoms with Crippen LogP contribution in [0.2, 0.25) is 0 Å². The van der Waals surface area contributed by atoms with Crippen molar-refractivity contribution in [2.75, 3.05) is 27.3 Å². The first-order valence-corrected chi connectivity index (χ1v) is 8.10. The SMILES string of the molecule is CN=C(NCCCOCc1ccco1)NCc1ccc(OC)c(F)c1.I. The molecular formula is C18H25FIN3O3. The number of ether oxygens (including phenoxy) is 2. The normalized spacial score (nSPS) is 11.0. The van der Waals surface area contributed by atoms with E-state index in [-0.39, 0.29) is 35.5 Å². The highest BCUT2D eigenvalue weighted by Crippen LogP contribution is 2.17. The molecule has 0 aliphatic heterocycles. The van der Waals surface area contributed by atoms with Crippen LogP contribution in [-0.4, -0.2) is 33.3 Å². The van der Waals surface area contributed by atoms with Gasteiger partial charge in [0.25, 0.3) is 0 Å². The minimum atomic E-state index is -0.376. The molecule has 0 spiro atoms. The molecule has 1 aromatic heterocycles. The fourth-order valence-electron chi connectivity index (χ4n) is 2.17. The number of aliphatic imine (C=N–C) groups is 1. The summed E-state index contributed by atoms with van der Waals surface area (Å²) in [5.41, 5.74) is 0.808. The summed E-state index contributed by atoms with van der Waals surface area (Å²) in [4.78, 5) is 4.14. The van der Waals surface area contributed by atoms with Crippen molar-refractivity contribution in [1.29, 1.82) is 0 Å². The highest BCUT2D eigenvalue weighted by Gasteiger charge is 2.04. The van der Waals surface area contributed by atoms with Crippen LogP contribution in [0, 0.1) is 5.82 Å². The van der Waals surface area contributed by atoms with Crippen molar-refractivity contribution >= 4 is 29.9 Å². The Hall–Kier alpha value is -1.81. The molecule has 0 amide bonds. The van der Waals surface area contributed by atoms with Gasteiger partial charge in [0, 0.05) is 26.7 Å². The molecule has 0 saturated heterocycles. The summed E-state index contributed by atoms with van der Waals surface area (Å²) in [6.45, 7) is 2.28. The molecule has 2 aromatic rings. The average molecular weight is 477 g/mol. The average Bonchev–Trinajstić information content (AvgIpc) is 3.14. The smallest absolute Gasteiger partial charge is 0.191 e. The lowest BCUT2D eigenvalue weighted by molar-refractivity contribution is 0.105. The van der Waals surface area contributed by atoms with E-state index in [4.69, 9.17) is 13.9 Å². The standard InChI is InChI=1S/C18H24FN3O3.HI/c1-20-18(21-8-4-9-24-13-15-5-3-10-25-15)22-12-14-6-7-17(23-2)16(19)11-14;/h3,5-7,10-11H,4,8-9,12-13H2,1-2H3,(H2,20,21,22);1H. The third kappa shape index (κ3) is 7.61. The van der Waals surface area contributed by atoms with Crippen LogP contribution in [0.15, 0.2) is 46.0 Å². The fraction of sp³-hybridized carbons (Fsp3) is 0.389. The van der Waals surface area contributed by atoms with Gasteiger partial charge in [-0.15, -0.1) is 24.0 Å². The van der Waals surface area contributed by atoms with E-state index in [1.54, 1.807) is 19.4 Å². The Morgan fingerprint density at radius 1 is 1.27 bits per heavy atom. The molecule has 0 unspecified atom stereocenters. The van der Waals surface area contributed by atoms with Crippen LogP contribution in [0.4, 0.5) is 4.39 Å². The summed E-state index contributed by atoms with van der Waals surface area (Å²) in [5, 5.41) is 6.33. The molecule has 0 aliphatic rings. The minimum Gasteiger partial charge on any atom is -0.494 e. The van der Waals surface area contributed by atoms with Crippen molar-refractivity contribution in [1.82, 2.24) is 10.6 Å². The van der Waals surface area contributed by atoms with E-state index < -0.39 is 0 Å². The van der Waals surface area contributed by atoms with Crippen molar-refractivity contribution in [2.45, 2.75) is 19.6 Å². The Labute approximate surface area is 170 Å². The van der Waals surface area contributed by atoms with E-state index in [2.05, 4.69) is 15.6 Å². The molecule has 2 N–H and O–H groups in total. The van der Waals surface area contributed by atoms with Crippen molar-refractivity contribution in [2.24, 2.45) is 4.99 Å². The molecule has 0 atom stereocenters. The lowest BCUT2D eigenvalue weighted by Gasteiger charge is -2.12. The maximum atomic E-state index is 13.7. The molecule has 1 aromatic carbocycles. The van der Waals surface area contributed by atoms with Crippen LogP contribution < -0.4 is 15.4 Å². The van der Waals surface area contributed by atoms with Gasteiger partial charge in [0.2, 0.25) is 0 Å². The number of hydrogen-bond acceptors (Lipinski definition) is 4. The van der Waals surface area contributed by atoms with E-state index in [9.17, 15) is 4.39 Å². The van der Waals surface area contributed by atoms with Crippen LogP contribution in [0.1, 0.15) is 17.7 Å². The number of benzene rings is 1. The second-order valence-electron chi connectivity index (χ2n) is 5.31. The van der Waals surface area contributed by atoms with E-state index in [1.807, 2.05) is 18.2 Å². The van der Waals surface area contributed by atoms with Gasteiger partial charge in [-0.1, -0.05) is 6.07 Å². The Morgan fingerprint density at radius 2 is 2.12 bits per heavy atom. The molecule has 0 saturated carbocycles. The zero-order chi connectivity index (χ0) is 17.9. The van der Waals surface area contributed by atoms with Gasteiger partial charge < -0.3 is 24.5 Å². The first-order valence-electron chi connectivity index (χ1n) is 8.10. The van der Waals surface area contributed by atoms with Gasteiger partial charge in [-0.05, 0) is 36.2 Å². The lowest BCUT2D eigenvalue weighted by atomic mass is 10.2. The van der Waals surface area contributed by atoms with Crippen LogP contribution in [0.3, 0.4) is 0 Å². The molecular weight excluding hydrogens is 452 g/mol. The summed E-state index contributed by atoms with van der Waals surface area (Å²) in [6.07, 6.45) is 2.46. The Morgan fingerprint density at radius 3 is 2.77 bits per heavy atom. The van der Waals surface area contributed by atoms with E-state index in [0.29, 0.717) is 25.7 Å². The topological polar surface area (TPSA) is 68.0 Å². The predicted octanol–water partition coefficient (Wildman–Crippen LogP) is 3.32. The van der Waals surface area contributed by atoms with Gasteiger partial charge in [-0.2, -0.15) is 0 Å². The molecule has 0 aliphatic carbocycles. The molecule has 0 bridgehead atoms. The highest BCUT2D eigenvalue weighted by molar-refractivity contribution is 14.0. The number of nitrogens with one attached hydrogen (secondary N) is 2. The highest BCUT2D eigenvalue weighted by atomic mass is 127. The third-order valence-corrected chi connectivity index (χ3v) is 3.48. The van der Waals surface area contributed by atoms with Gasteiger partial charge in [0.1, 0.15) is 12.4 Å². The molecule has 2 rings (SSSR count). The lowest BCUT2D eigenvalue weighted by Crippen LogP contribution is -2.37. The van der Waals surface area contributed by atoms with E-state index in [1.165, 1.54) is 13.2 Å². The van der Waals surface area contributed by atoms with E-state index in [0.717, 1.165) is 24.3 Å². The predicted molar refractivity (Wildman–Crippen MR) is 110 cm³/mol. The number of rotatable bonds is 9. The number of hydrogen-bond donors (Lipinski definition) is 2.